The average molecular weight is 369 g/mol. The summed E-state index contributed by atoms with van der Waals surface area (Å²) >= 11 is 1.60. The molecular weight excluding hydrogens is 346 g/mol. The first-order chi connectivity index (χ1) is 12.5. The van der Waals surface area contributed by atoms with Gasteiger partial charge in [-0.15, -0.1) is 11.8 Å². The van der Waals surface area contributed by atoms with Crippen LogP contribution in [0.5, 0.6) is 0 Å². The van der Waals surface area contributed by atoms with Crippen LogP contribution in [0.2, 0.25) is 0 Å². The van der Waals surface area contributed by atoms with Crippen LogP contribution in [0.3, 0.4) is 0 Å². The number of rotatable bonds is 5. The SMILES string of the molecule is CSc1ccccc1NC(=O)C(C)Nc1ccc2c(c1)CCN2C(C)=O. The fraction of sp³-hybridized carbons (Fsp3) is 0.300. The van der Waals surface area contributed by atoms with E-state index in [1.54, 1.807) is 23.6 Å². The third-order valence-electron chi connectivity index (χ3n) is 4.50. The number of benzene rings is 2. The van der Waals surface area contributed by atoms with Gasteiger partial charge in [-0.05, 0) is 55.5 Å². The molecule has 1 unspecified atom stereocenters. The molecule has 1 aliphatic rings. The third kappa shape index (κ3) is 3.85. The van der Waals surface area contributed by atoms with Crippen molar-refractivity contribution in [2.24, 2.45) is 0 Å². The van der Waals surface area contributed by atoms with E-state index in [4.69, 9.17) is 0 Å². The van der Waals surface area contributed by atoms with Gasteiger partial charge in [0.05, 0.1) is 5.69 Å². The lowest BCUT2D eigenvalue weighted by Crippen LogP contribution is -2.32. The van der Waals surface area contributed by atoms with Gasteiger partial charge in [0, 0.05) is 29.7 Å². The molecule has 5 nitrogen and oxygen atoms in total. The predicted octanol–water partition coefficient (Wildman–Crippen LogP) is 3.76. The molecule has 0 saturated heterocycles. The molecule has 2 N–H and O–H groups in total. The Morgan fingerprint density at radius 3 is 2.69 bits per heavy atom. The van der Waals surface area contributed by atoms with Crippen LogP contribution in [0.15, 0.2) is 47.4 Å². The number of anilines is 3. The van der Waals surface area contributed by atoms with E-state index >= 15 is 0 Å². The van der Waals surface area contributed by atoms with Crippen molar-refractivity contribution < 1.29 is 9.59 Å². The maximum absolute atomic E-state index is 12.5. The van der Waals surface area contributed by atoms with Crippen molar-refractivity contribution in [3.8, 4) is 0 Å². The fourth-order valence-corrected chi connectivity index (χ4v) is 3.68. The summed E-state index contributed by atoms with van der Waals surface area (Å²) in [6, 6.07) is 13.3. The molecule has 2 aromatic carbocycles. The summed E-state index contributed by atoms with van der Waals surface area (Å²) in [4.78, 5) is 27.0. The second-order valence-electron chi connectivity index (χ2n) is 6.32. The summed E-state index contributed by atoms with van der Waals surface area (Å²) in [5.74, 6) is -0.0259. The molecule has 0 aromatic heterocycles. The Morgan fingerprint density at radius 2 is 1.96 bits per heavy atom. The minimum atomic E-state index is -0.381. The summed E-state index contributed by atoms with van der Waals surface area (Å²) in [5.41, 5.74) is 3.80. The van der Waals surface area contributed by atoms with Crippen molar-refractivity contribution in [3.63, 3.8) is 0 Å². The zero-order valence-corrected chi connectivity index (χ0v) is 16.0. The minimum Gasteiger partial charge on any atom is -0.374 e. The topological polar surface area (TPSA) is 61.4 Å². The van der Waals surface area contributed by atoms with Gasteiger partial charge < -0.3 is 15.5 Å². The van der Waals surface area contributed by atoms with Gasteiger partial charge in [0.1, 0.15) is 6.04 Å². The van der Waals surface area contributed by atoms with E-state index in [1.165, 1.54) is 0 Å². The molecule has 0 aliphatic carbocycles. The van der Waals surface area contributed by atoms with Crippen LogP contribution in [0.4, 0.5) is 17.1 Å². The van der Waals surface area contributed by atoms with Gasteiger partial charge in [-0.25, -0.2) is 0 Å². The maximum Gasteiger partial charge on any atom is 0.246 e. The zero-order valence-electron chi connectivity index (χ0n) is 15.2. The van der Waals surface area contributed by atoms with E-state index in [9.17, 15) is 9.59 Å². The number of carbonyl (C=O) groups excluding carboxylic acids is 2. The third-order valence-corrected chi connectivity index (χ3v) is 5.29. The molecule has 0 radical (unpaired) electrons. The van der Waals surface area contributed by atoms with Crippen LogP contribution < -0.4 is 15.5 Å². The van der Waals surface area contributed by atoms with E-state index in [2.05, 4.69) is 10.6 Å². The molecule has 1 atom stereocenters. The van der Waals surface area contributed by atoms with Gasteiger partial charge in [0.25, 0.3) is 0 Å². The van der Waals surface area contributed by atoms with Crippen molar-refractivity contribution in [2.45, 2.75) is 31.2 Å². The smallest absolute Gasteiger partial charge is 0.246 e. The number of thioether (sulfide) groups is 1. The lowest BCUT2D eigenvalue weighted by molar-refractivity contribution is -0.117. The van der Waals surface area contributed by atoms with E-state index in [-0.39, 0.29) is 17.9 Å². The van der Waals surface area contributed by atoms with Crippen molar-refractivity contribution >= 4 is 40.6 Å². The summed E-state index contributed by atoms with van der Waals surface area (Å²) in [6.45, 7) is 4.14. The largest absolute Gasteiger partial charge is 0.374 e. The number of para-hydroxylation sites is 1. The highest BCUT2D eigenvalue weighted by atomic mass is 32.2. The fourth-order valence-electron chi connectivity index (χ4n) is 3.12. The van der Waals surface area contributed by atoms with Gasteiger partial charge in [-0.3, -0.25) is 9.59 Å². The molecule has 26 heavy (non-hydrogen) atoms. The lowest BCUT2D eigenvalue weighted by atomic mass is 10.1. The van der Waals surface area contributed by atoms with E-state index in [1.807, 2.05) is 55.6 Å². The number of amides is 2. The molecule has 0 spiro atoms. The second-order valence-corrected chi connectivity index (χ2v) is 7.17. The monoisotopic (exact) mass is 369 g/mol. The molecule has 3 rings (SSSR count). The van der Waals surface area contributed by atoms with Crippen LogP contribution in [0.1, 0.15) is 19.4 Å². The maximum atomic E-state index is 12.5. The van der Waals surface area contributed by atoms with Crippen LogP contribution in [0, 0.1) is 0 Å². The van der Waals surface area contributed by atoms with Gasteiger partial charge >= 0.3 is 0 Å². The molecule has 6 heteroatoms. The van der Waals surface area contributed by atoms with Crippen molar-refractivity contribution in [1.82, 2.24) is 0 Å². The molecule has 0 bridgehead atoms. The van der Waals surface area contributed by atoms with Gasteiger partial charge in [-0.1, -0.05) is 12.1 Å². The van der Waals surface area contributed by atoms with Gasteiger partial charge in [0.2, 0.25) is 11.8 Å². The number of hydrogen-bond donors (Lipinski definition) is 2. The summed E-state index contributed by atoms with van der Waals surface area (Å²) in [6.07, 6.45) is 2.83. The highest BCUT2D eigenvalue weighted by Gasteiger charge is 2.22. The molecule has 0 saturated carbocycles. The Labute approximate surface area is 158 Å². The highest BCUT2D eigenvalue weighted by molar-refractivity contribution is 7.98. The molecule has 1 heterocycles. The van der Waals surface area contributed by atoms with Crippen molar-refractivity contribution in [2.75, 3.05) is 28.3 Å². The highest BCUT2D eigenvalue weighted by Crippen LogP contribution is 2.31. The average Bonchev–Trinajstić information content (AvgIpc) is 3.05. The summed E-state index contributed by atoms with van der Waals surface area (Å²) in [7, 11) is 0. The molecular formula is C20H23N3O2S. The Bertz CT molecular complexity index is 838. The van der Waals surface area contributed by atoms with E-state index in [0.717, 1.165) is 40.5 Å². The number of nitrogens with zero attached hydrogens (tertiary/aromatic N) is 1. The number of nitrogens with one attached hydrogen (secondary N) is 2. The molecule has 0 fully saturated rings. The Morgan fingerprint density at radius 1 is 1.19 bits per heavy atom. The van der Waals surface area contributed by atoms with Gasteiger partial charge in [-0.2, -0.15) is 0 Å². The van der Waals surface area contributed by atoms with Gasteiger partial charge in [0.15, 0.2) is 0 Å². The number of fused-ring (bicyclic) bond motifs is 1. The van der Waals surface area contributed by atoms with Crippen LogP contribution >= 0.6 is 11.8 Å². The van der Waals surface area contributed by atoms with Crippen LogP contribution in [-0.4, -0.2) is 30.7 Å². The summed E-state index contributed by atoms with van der Waals surface area (Å²) in [5, 5.41) is 6.23. The second kappa shape index (κ2) is 7.83. The normalized spacial score (nSPS) is 13.9. The quantitative estimate of drug-likeness (QED) is 0.788. The Hall–Kier alpha value is -2.47. The first-order valence-electron chi connectivity index (χ1n) is 8.61. The predicted molar refractivity (Wildman–Crippen MR) is 108 cm³/mol. The molecule has 2 amide bonds. The lowest BCUT2D eigenvalue weighted by Gasteiger charge is -2.18. The van der Waals surface area contributed by atoms with Crippen molar-refractivity contribution in [1.29, 1.82) is 0 Å². The number of hydrogen-bond acceptors (Lipinski definition) is 4. The standard InChI is InChI=1S/C20H23N3O2S/c1-13(20(25)22-17-6-4-5-7-19(17)26-3)21-16-8-9-18-15(12-16)10-11-23(18)14(2)24/h4-9,12-13,21H,10-11H2,1-3H3,(H,22,25). The first kappa shape index (κ1) is 18.3. The zero-order chi connectivity index (χ0) is 18.7. The first-order valence-corrected chi connectivity index (χ1v) is 9.83. The summed E-state index contributed by atoms with van der Waals surface area (Å²) < 4.78 is 0. The van der Waals surface area contributed by atoms with Crippen molar-refractivity contribution in [3.05, 3.63) is 48.0 Å². The van der Waals surface area contributed by atoms with E-state index < -0.39 is 0 Å². The number of carbonyl (C=O) groups is 2. The van der Waals surface area contributed by atoms with Crippen LogP contribution in [-0.2, 0) is 16.0 Å². The van der Waals surface area contributed by atoms with Crippen LogP contribution in [0.25, 0.3) is 0 Å². The molecule has 136 valence electrons. The Balaban J connectivity index is 1.67. The Kier molecular flexibility index (Phi) is 5.52. The molecule has 2 aromatic rings. The van der Waals surface area contributed by atoms with E-state index in [0.29, 0.717) is 0 Å². The minimum absolute atomic E-state index is 0.0599. The molecule has 1 aliphatic heterocycles.